The molecule has 5 nitrogen and oxygen atoms in total. The smallest absolute Gasteiger partial charge is 0.307 e. The molecule has 2 N–H and O–H groups in total. The van der Waals surface area contributed by atoms with E-state index in [1.54, 1.807) is 31.5 Å². The van der Waals surface area contributed by atoms with Crippen molar-refractivity contribution in [1.82, 2.24) is 0 Å². The van der Waals surface area contributed by atoms with Gasteiger partial charge >= 0.3 is 5.97 Å². The fourth-order valence-electron chi connectivity index (χ4n) is 1.84. The molecule has 0 spiro atoms. The molecule has 0 aliphatic heterocycles. The number of anilines is 1. The number of para-hydroxylation sites is 1. The zero-order valence-electron chi connectivity index (χ0n) is 11.6. The molecule has 0 aromatic heterocycles. The normalized spacial score (nSPS) is 10.5. The van der Waals surface area contributed by atoms with Crippen LogP contribution in [-0.2, 0) is 11.2 Å². The summed E-state index contributed by atoms with van der Waals surface area (Å²) in [6.07, 6.45) is 1.60. The summed E-state index contributed by atoms with van der Waals surface area (Å²) in [5.41, 5.74) is 5.26. The number of aliphatic carboxylic acids is 1. The number of nitrogens with zero attached hydrogens (tertiary/aromatic N) is 1. The number of carbonyl (C=O) groups is 1. The van der Waals surface area contributed by atoms with Gasteiger partial charge in [-0.1, -0.05) is 24.3 Å². The summed E-state index contributed by atoms with van der Waals surface area (Å²) < 4.78 is 5.26. The van der Waals surface area contributed by atoms with Gasteiger partial charge in [-0.05, 0) is 29.8 Å². The third-order valence-corrected chi connectivity index (χ3v) is 2.82. The number of hydrogen-bond acceptors (Lipinski definition) is 4. The number of hydrazone groups is 1. The fourth-order valence-corrected chi connectivity index (χ4v) is 1.84. The van der Waals surface area contributed by atoms with E-state index in [1.807, 2.05) is 30.3 Å². The predicted octanol–water partition coefficient (Wildman–Crippen LogP) is 2.77. The molecular weight excluding hydrogens is 268 g/mol. The highest BCUT2D eigenvalue weighted by molar-refractivity contribution is 5.84. The van der Waals surface area contributed by atoms with Gasteiger partial charge in [0.2, 0.25) is 0 Å². The molecule has 0 heterocycles. The Morgan fingerprint density at radius 1 is 1.29 bits per heavy atom. The van der Waals surface area contributed by atoms with Crippen molar-refractivity contribution < 1.29 is 14.6 Å². The Labute approximate surface area is 122 Å². The fraction of sp³-hybridized carbons (Fsp3) is 0.125. The lowest BCUT2D eigenvalue weighted by molar-refractivity contribution is -0.136. The van der Waals surface area contributed by atoms with Gasteiger partial charge in [-0.25, -0.2) is 0 Å². The van der Waals surface area contributed by atoms with Crippen LogP contribution in [0, 0.1) is 0 Å². The van der Waals surface area contributed by atoms with Crippen LogP contribution in [0.3, 0.4) is 0 Å². The van der Waals surface area contributed by atoms with E-state index >= 15 is 0 Å². The minimum Gasteiger partial charge on any atom is -0.496 e. The maximum Gasteiger partial charge on any atom is 0.307 e. The number of methoxy groups -OCH3 is 1. The Balaban J connectivity index is 2.10. The number of carboxylic acid groups (broad SMARTS) is 1. The van der Waals surface area contributed by atoms with Crippen LogP contribution in [0.25, 0.3) is 0 Å². The van der Waals surface area contributed by atoms with E-state index in [4.69, 9.17) is 9.84 Å². The second-order valence-electron chi connectivity index (χ2n) is 4.38. The van der Waals surface area contributed by atoms with E-state index in [0.29, 0.717) is 11.3 Å². The summed E-state index contributed by atoms with van der Waals surface area (Å²) in [5, 5.41) is 12.9. The molecule has 5 heteroatoms. The van der Waals surface area contributed by atoms with E-state index in [1.165, 1.54) is 0 Å². The van der Waals surface area contributed by atoms with Gasteiger partial charge in [0.25, 0.3) is 0 Å². The number of nitrogens with one attached hydrogen (secondary N) is 1. The van der Waals surface area contributed by atoms with Crippen LogP contribution in [0.1, 0.15) is 11.1 Å². The van der Waals surface area contributed by atoms with E-state index in [0.717, 1.165) is 11.3 Å². The largest absolute Gasteiger partial charge is 0.496 e. The summed E-state index contributed by atoms with van der Waals surface area (Å²) in [6, 6.07) is 14.8. The number of carboxylic acids is 1. The molecule has 0 radical (unpaired) electrons. The number of benzene rings is 2. The lowest BCUT2D eigenvalue weighted by Crippen LogP contribution is -2.01. The molecule has 21 heavy (non-hydrogen) atoms. The van der Waals surface area contributed by atoms with Crippen molar-refractivity contribution in [3.8, 4) is 5.75 Å². The molecule has 0 amide bonds. The van der Waals surface area contributed by atoms with Crippen molar-refractivity contribution in [2.24, 2.45) is 5.10 Å². The topological polar surface area (TPSA) is 70.9 Å². The standard InChI is InChI=1S/C16H16N2O3/c1-21-15-9-12(10-16(19)20)7-8-13(15)11-17-18-14-5-3-2-4-6-14/h2-9,11,18H,10H2,1H3,(H,19,20). The summed E-state index contributed by atoms with van der Waals surface area (Å²) in [6.45, 7) is 0. The van der Waals surface area contributed by atoms with Crippen molar-refractivity contribution in [3.63, 3.8) is 0 Å². The zero-order chi connectivity index (χ0) is 15.1. The first kappa shape index (κ1) is 14.6. The lowest BCUT2D eigenvalue weighted by Gasteiger charge is -2.07. The molecule has 0 atom stereocenters. The Hall–Kier alpha value is -2.82. The van der Waals surface area contributed by atoms with E-state index < -0.39 is 5.97 Å². The van der Waals surface area contributed by atoms with Crippen LogP contribution in [0.4, 0.5) is 5.69 Å². The Morgan fingerprint density at radius 3 is 2.71 bits per heavy atom. The minimum atomic E-state index is -0.871. The molecule has 0 fully saturated rings. The number of rotatable bonds is 6. The first-order valence-corrected chi connectivity index (χ1v) is 6.42. The average Bonchev–Trinajstić information content (AvgIpc) is 2.49. The van der Waals surface area contributed by atoms with Crippen molar-refractivity contribution in [2.75, 3.05) is 12.5 Å². The van der Waals surface area contributed by atoms with Gasteiger partial charge in [-0.2, -0.15) is 5.10 Å². The highest BCUT2D eigenvalue weighted by atomic mass is 16.5. The average molecular weight is 284 g/mol. The summed E-state index contributed by atoms with van der Waals surface area (Å²) in [4.78, 5) is 10.7. The molecule has 0 saturated heterocycles. The molecule has 2 rings (SSSR count). The van der Waals surface area contributed by atoms with Crippen molar-refractivity contribution >= 4 is 17.9 Å². The summed E-state index contributed by atoms with van der Waals surface area (Å²) in [7, 11) is 1.54. The zero-order valence-corrected chi connectivity index (χ0v) is 11.6. The maximum atomic E-state index is 10.7. The van der Waals surface area contributed by atoms with Crippen LogP contribution in [0.2, 0.25) is 0 Å². The Bertz CT molecular complexity index is 639. The Morgan fingerprint density at radius 2 is 2.05 bits per heavy atom. The first-order valence-electron chi connectivity index (χ1n) is 6.42. The van der Waals surface area contributed by atoms with Crippen LogP contribution >= 0.6 is 0 Å². The molecule has 0 aliphatic rings. The predicted molar refractivity (Wildman–Crippen MR) is 82.0 cm³/mol. The molecule has 0 bridgehead atoms. The molecule has 0 aliphatic carbocycles. The molecule has 108 valence electrons. The minimum absolute atomic E-state index is 0.0317. The Kier molecular flexibility index (Phi) is 4.93. The first-order chi connectivity index (χ1) is 10.2. The molecule has 2 aromatic rings. The van der Waals surface area contributed by atoms with Gasteiger partial charge in [0.1, 0.15) is 5.75 Å². The van der Waals surface area contributed by atoms with Crippen LogP contribution < -0.4 is 10.2 Å². The SMILES string of the molecule is COc1cc(CC(=O)O)ccc1C=NNc1ccccc1. The van der Waals surface area contributed by atoms with Crippen LogP contribution in [0.5, 0.6) is 5.75 Å². The quantitative estimate of drug-likeness (QED) is 0.632. The van der Waals surface area contributed by atoms with Gasteiger partial charge in [0.15, 0.2) is 0 Å². The monoisotopic (exact) mass is 284 g/mol. The second-order valence-corrected chi connectivity index (χ2v) is 4.38. The third kappa shape index (κ3) is 4.35. The number of ether oxygens (including phenoxy) is 1. The summed E-state index contributed by atoms with van der Waals surface area (Å²) >= 11 is 0. The van der Waals surface area contributed by atoms with Crippen molar-refractivity contribution in [1.29, 1.82) is 0 Å². The highest BCUT2D eigenvalue weighted by Gasteiger charge is 2.05. The number of hydrogen-bond donors (Lipinski definition) is 2. The maximum absolute atomic E-state index is 10.7. The highest BCUT2D eigenvalue weighted by Crippen LogP contribution is 2.19. The summed E-state index contributed by atoms with van der Waals surface area (Å²) in [5.74, 6) is -0.281. The van der Waals surface area contributed by atoms with Gasteiger partial charge in [-0.3, -0.25) is 10.2 Å². The van der Waals surface area contributed by atoms with Crippen molar-refractivity contribution in [2.45, 2.75) is 6.42 Å². The van der Waals surface area contributed by atoms with Crippen LogP contribution in [0.15, 0.2) is 53.6 Å². The third-order valence-electron chi connectivity index (χ3n) is 2.82. The van der Waals surface area contributed by atoms with Gasteiger partial charge < -0.3 is 9.84 Å². The van der Waals surface area contributed by atoms with Gasteiger partial charge in [0, 0.05) is 5.56 Å². The lowest BCUT2D eigenvalue weighted by atomic mass is 10.1. The molecular formula is C16H16N2O3. The second kappa shape index (κ2) is 7.09. The van der Waals surface area contributed by atoms with Crippen LogP contribution in [-0.4, -0.2) is 24.4 Å². The molecule has 2 aromatic carbocycles. The van der Waals surface area contributed by atoms with E-state index in [-0.39, 0.29) is 6.42 Å². The van der Waals surface area contributed by atoms with Gasteiger partial charge in [-0.15, -0.1) is 0 Å². The van der Waals surface area contributed by atoms with Gasteiger partial charge in [0.05, 0.1) is 25.4 Å². The van der Waals surface area contributed by atoms with E-state index in [2.05, 4.69) is 10.5 Å². The van der Waals surface area contributed by atoms with E-state index in [9.17, 15) is 4.79 Å². The molecule has 0 saturated carbocycles. The molecule has 0 unspecified atom stereocenters. The van der Waals surface area contributed by atoms with Crippen molar-refractivity contribution in [3.05, 3.63) is 59.7 Å².